The molecule has 0 radical (unpaired) electrons. The predicted molar refractivity (Wildman–Crippen MR) is 125 cm³/mol. The lowest BCUT2D eigenvalue weighted by atomic mass is 9.93. The summed E-state index contributed by atoms with van der Waals surface area (Å²) in [7, 11) is 0. The first kappa shape index (κ1) is 21.1. The van der Waals surface area contributed by atoms with Crippen molar-refractivity contribution in [1.82, 2.24) is 25.0 Å². The van der Waals surface area contributed by atoms with Crippen LogP contribution in [0.2, 0.25) is 15.1 Å². The molecule has 1 N–H and O–H groups in total. The second kappa shape index (κ2) is 8.65. The van der Waals surface area contributed by atoms with Gasteiger partial charge < -0.3 is 5.32 Å². The largest absolute Gasteiger partial charge is 0.365 e. The van der Waals surface area contributed by atoms with Gasteiger partial charge in [-0.1, -0.05) is 40.0 Å². The molecule has 0 unspecified atom stereocenters. The van der Waals surface area contributed by atoms with Gasteiger partial charge in [0.05, 0.1) is 22.2 Å². The van der Waals surface area contributed by atoms with Gasteiger partial charge in [0.1, 0.15) is 6.33 Å². The number of nitrogens with zero attached hydrogens (tertiary/aromatic N) is 5. The molecule has 0 aliphatic heterocycles. The van der Waals surface area contributed by atoms with Gasteiger partial charge in [-0.05, 0) is 61.2 Å². The van der Waals surface area contributed by atoms with Gasteiger partial charge in [-0.2, -0.15) is 0 Å². The molecule has 0 spiro atoms. The standard InChI is InChI=1S/C22H17Cl3N6O/c23-14-6-4-13(5-7-14)20(32)18-16(24)8-12(9-17(18)25)10-31-22-19(29-30-31)21(26-11-27-22)28-15-2-1-3-15/h4-9,11,15H,1-3,10H2,(H,26,27,28). The SMILES string of the molecule is O=C(c1ccc(Cl)cc1)c1c(Cl)cc(Cn2nnc3c(NC4CCC4)ncnc32)cc1Cl. The number of fused-ring (bicyclic) bond motifs is 1. The second-order valence-electron chi connectivity index (χ2n) is 7.68. The Bertz CT molecular complexity index is 1290. The van der Waals surface area contributed by atoms with E-state index in [-0.39, 0.29) is 21.4 Å². The maximum Gasteiger partial charge on any atom is 0.196 e. The average Bonchev–Trinajstić information content (AvgIpc) is 3.14. The lowest BCUT2D eigenvalue weighted by Gasteiger charge is -2.26. The van der Waals surface area contributed by atoms with Gasteiger partial charge in [-0.3, -0.25) is 4.79 Å². The normalized spacial score (nSPS) is 13.8. The number of hydrogen-bond acceptors (Lipinski definition) is 6. The van der Waals surface area contributed by atoms with Crippen molar-refractivity contribution in [2.45, 2.75) is 31.8 Å². The number of halogens is 3. The van der Waals surface area contributed by atoms with Gasteiger partial charge in [0, 0.05) is 16.6 Å². The van der Waals surface area contributed by atoms with Crippen molar-refractivity contribution in [3.8, 4) is 0 Å². The molecule has 2 heterocycles. The Labute approximate surface area is 198 Å². The molecule has 1 aliphatic rings. The highest BCUT2D eigenvalue weighted by Gasteiger charge is 2.21. The smallest absolute Gasteiger partial charge is 0.196 e. The first-order valence-electron chi connectivity index (χ1n) is 10.1. The van der Waals surface area contributed by atoms with Crippen molar-refractivity contribution in [3.63, 3.8) is 0 Å². The van der Waals surface area contributed by atoms with Crippen LogP contribution >= 0.6 is 34.8 Å². The third-order valence-electron chi connectivity index (χ3n) is 5.51. The number of anilines is 1. The van der Waals surface area contributed by atoms with Crippen LogP contribution in [0.3, 0.4) is 0 Å². The van der Waals surface area contributed by atoms with Crippen LogP contribution in [0.15, 0.2) is 42.7 Å². The minimum absolute atomic E-state index is 0.247. The number of carbonyl (C=O) groups excluding carboxylic acids is 1. The summed E-state index contributed by atoms with van der Waals surface area (Å²) in [5, 5.41) is 13.0. The van der Waals surface area contributed by atoms with Crippen LogP contribution in [0.4, 0.5) is 5.82 Å². The van der Waals surface area contributed by atoms with Gasteiger partial charge in [-0.15, -0.1) is 5.10 Å². The van der Waals surface area contributed by atoms with Gasteiger partial charge in [0.15, 0.2) is 22.8 Å². The molecule has 0 bridgehead atoms. The van der Waals surface area contributed by atoms with Crippen molar-refractivity contribution < 1.29 is 4.79 Å². The Morgan fingerprint density at radius 2 is 1.78 bits per heavy atom. The molecule has 1 saturated carbocycles. The Morgan fingerprint density at radius 1 is 1.06 bits per heavy atom. The van der Waals surface area contributed by atoms with E-state index in [4.69, 9.17) is 34.8 Å². The summed E-state index contributed by atoms with van der Waals surface area (Å²) in [5.74, 6) is 0.416. The number of nitrogens with one attached hydrogen (secondary N) is 1. The Kier molecular flexibility index (Phi) is 5.71. The van der Waals surface area contributed by atoms with E-state index in [1.807, 2.05) is 0 Å². The molecule has 162 valence electrons. The minimum Gasteiger partial charge on any atom is -0.365 e. The first-order chi connectivity index (χ1) is 15.5. The molecule has 0 amide bonds. The maximum absolute atomic E-state index is 12.9. The predicted octanol–water partition coefficient (Wildman–Crippen LogP) is 5.43. The Morgan fingerprint density at radius 3 is 2.44 bits per heavy atom. The van der Waals surface area contributed by atoms with E-state index >= 15 is 0 Å². The average molecular weight is 488 g/mol. The molecule has 7 nitrogen and oxygen atoms in total. The highest BCUT2D eigenvalue weighted by molar-refractivity contribution is 6.41. The van der Waals surface area contributed by atoms with E-state index in [0.29, 0.717) is 40.2 Å². The Hall–Kier alpha value is -2.74. The van der Waals surface area contributed by atoms with Crippen molar-refractivity contribution >= 4 is 57.6 Å². The highest BCUT2D eigenvalue weighted by atomic mass is 35.5. The van der Waals surface area contributed by atoms with Crippen LogP contribution < -0.4 is 5.32 Å². The lowest BCUT2D eigenvalue weighted by molar-refractivity contribution is 0.103. The van der Waals surface area contributed by atoms with Crippen molar-refractivity contribution in [1.29, 1.82) is 0 Å². The molecule has 1 aliphatic carbocycles. The highest BCUT2D eigenvalue weighted by Crippen LogP contribution is 2.30. The fraction of sp³-hybridized carbons (Fsp3) is 0.227. The summed E-state index contributed by atoms with van der Waals surface area (Å²) in [4.78, 5) is 21.6. The van der Waals surface area contributed by atoms with E-state index in [1.165, 1.54) is 12.7 Å². The molecular weight excluding hydrogens is 471 g/mol. The summed E-state index contributed by atoms with van der Waals surface area (Å²) >= 11 is 18.8. The van der Waals surface area contributed by atoms with Crippen LogP contribution in [0.5, 0.6) is 0 Å². The zero-order chi connectivity index (χ0) is 22.2. The molecule has 5 rings (SSSR count). The molecule has 32 heavy (non-hydrogen) atoms. The number of benzene rings is 2. The number of ketones is 1. The van der Waals surface area contributed by atoms with Crippen molar-refractivity contribution in [2.24, 2.45) is 0 Å². The third kappa shape index (κ3) is 4.03. The van der Waals surface area contributed by atoms with Crippen LogP contribution in [0, 0.1) is 0 Å². The molecule has 1 fully saturated rings. The quantitative estimate of drug-likeness (QED) is 0.365. The molecule has 10 heteroatoms. The van der Waals surface area contributed by atoms with Gasteiger partial charge in [0.2, 0.25) is 0 Å². The zero-order valence-corrected chi connectivity index (χ0v) is 19.0. The second-order valence-corrected chi connectivity index (χ2v) is 8.94. The summed E-state index contributed by atoms with van der Waals surface area (Å²) < 4.78 is 1.66. The van der Waals surface area contributed by atoms with E-state index < -0.39 is 0 Å². The Balaban J connectivity index is 1.42. The van der Waals surface area contributed by atoms with Crippen LogP contribution in [-0.2, 0) is 6.54 Å². The van der Waals surface area contributed by atoms with Crippen LogP contribution in [0.25, 0.3) is 11.2 Å². The topological polar surface area (TPSA) is 85.6 Å². The molecule has 2 aromatic heterocycles. The fourth-order valence-electron chi connectivity index (χ4n) is 3.60. The third-order valence-corrected chi connectivity index (χ3v) is 6.36. The number of hydrogen-bond donors (Lipinski definition) is 1. The van der Waals surface area contributed by atoms with Gasteiger partial charge >= 0.3 is 0 Å². The van der Waals surface area contributed by atoms with Crippen LogP contribution in [0.1, 0.15) is 40.7 Å². The summed E-state index contributed by atoms with van der Waals surface area (Å²) in [5.41, 5.74) is 2.70. The summed E-state index contributed by atoms with van der Waals surface area (Å²) in [6.45, 7) is 0.339. The zero-order valence-electron chi connectivity index (χ0n) is 16.7. The van der Waals surface area contributed by atoms with Crippen molar-refractivity contribution in [3.05, 3.63) is 74.5 Å². The molecule has 0 atom stereocenters. The fourth-order valence-corrected chi connectivity index (χ4v) is 4.43. The molecule has 4 aromatic rings. The van der Waals surface area contributed by atoms with Crippen molar-refractivity contribution in [2.75, 3.05) is 5.32 Å². The number of aromatic nitrogens is 5. The van der Waals surface area contributed by atoms with E-state index in [2.05, 4.69) is 25.6 Å². The van der Waals surface area contributed by atoms with E-state index in [0.717, 1.165) is 18.4 Å². The number of carbonyl (C=O) groups is 1. The minimum atomic E-state index is -0.270. The number of rotatable bonds is 6. The molecular formula is C22H17Cl3N6O. The monoisotopic (exact) mass is 486 g/mol. The molecule has 2 aromatic carbocycles. The summed E-state index contributed by atoms with van der Waals surface area (Å²) in [6.07, 6.45) is 4.96. The summed E-state index contributed by atoms with van der Waals surface area (Å²) in [6, 6.07) is 10.4. The van der Waals surface area contributed by atoms with E-state index in [9.17, 15) is 4.79 Å². The molecule has 0 saturated heterocycles. The van der Waals surface area contributed by atoms with Gasteiger partial charge in [0.25, 0.3) is 0 Å². The lowest BCUT2D eigenvalue weighted by Crippen LogP contribution is -2.27. The van der Waals surface area contributed by atoms with E-state index in [1.54, 1.807) is 41.1 Å². The van der Waals surface area contributed by atoms with Crippen LogP contribution in [-0.4, -0.2) is 36.8 Å². The maximum atomic E-state index is 12.9. The first-order valence-corrected chi connectivity index (χ1v) is 11.2. The van der Waals surface area contributed by atoms with Gasteiger partial charge in [-0.25, -0.2) is 14.6 Å².